The lowest BCUT2D eigenvalue weighted by Gasteiger charge is -2.36. The fourth-order valence-corrected chi connectivity index (χ4v) is 4.95. The Morgan fingerprint density at radius 3 is 1.75 bits per heavy atom. The Bertz CT molecular complexity index is 1390. The molecular weight excluding hydrogens is 451 g/mol. The molecule has 6 nitrogen and oxygen atoms in total. The number of nitrogens with zero attached hydrogens (tertiary/aromatic N) is 2. The van der Waals surface area contributed by atoms with Crippen LogP contribution in [0.4, 0.5) is 0 Å². The lowest BCUT2D eigenvalue weighted by molar-refractivity contribution is 0.174. The second-order valence-electron chi connectivity index (χ2n) is 8.63. The first-order valence-electron chi connectivity index (χ1n) is 11.7. The highest BCUT2D eigenvalue weighted by atomic mass is 16.7. The zero-order valence-corrected chi connectivity index (χ0v) is 19.4. The summed E-state index contributed by atoms with van der Waals surface area (Å²) in [6.45, 7) is 0.155. The van der Waals surface area contributed by atoms with Gasteiger partial charge in [0.1, 0.15) is 5.54 Å². The molecule has 0 saturated heterocycles. The van der Waals surface area contributed by atoms with Crippen molar-refractivity contribution in [3.8, 4) is 22.8 Å². The molecule has 36 heavy (non-hydrogen) atoms. The minimum absolute atomic E-state index is 0.155. The Morgan fingerprint density at radius 2 is 1.22 bits per heavy atom. The molecule has 0 aliphatic carbocycles. The first-order chi connectivity index (χ1) is 17.7. The molecule has 7 heteroatoms. The summed E-state index contributed by atoms with van der Waals surface area (Å²) in [5.74, 6) is 1.25. The van der Waals surface area contributed by atoms with E-state index in [4.69, 9.17) is 14.6 Å². The van der Waals surface area contributed by atoms with Gasteiger partial charge in [0.2, 0.25) is 6.79 Å². The molecule has 1 aromatic heterocycles. The Labute approximate surface area is 209 Å². The van der Waals surface area contributed by atoms with E-state index in [1.54, 1.807) is 6.20 Å². The summed E-state index contributed by atoms with van der Waals surface area (Å²) in [5.41, 5.74) is 3.53. The number of ether oxygens (including phenoxy) is 2. The van der Waals surface area contributed by atoms with E-state index in [1.807, 2.05) is 77.5 Å². The van der Waals surface area contributed by atoms with Crippen molar-refractivity contribution in [2.75, 3.05) is 6.79 Å². The van der Waals surface area contributed by atoms with Crippen molar-refractivity contribution >= 4 is 12.6 Å². The topological polar surface area (TPSA) is 76.7 Å². The fourth-order valence-electron chi connectivity index (χ4n) is 4.95. The van der Waals surface area contributed by atoms with Crippen LogP contribution in [-0.2, 0) is 5.54 Å². The number of benzene rings is 4. The molecule has 0 unspecified atom stereocenters. The van der Waals surface area contributed by atoms with Crippen LogP contribution >= 0.6 is 0 Å². The van der Waals surface area contributed by atoms with Gasteiger partial charge in [0.25, 0.3) is 0 Å². The first-order valence-corrected chi connectivity index (χ1v) is 11.7. The molecule has 1 aliphatic rings. The van der Waals surface area contributed by atoms with Crippen LogP contribution in [0, 0.1) is 0 Å². The van der Waals surface area contributed by atoms with Crippen LogP contribution in [0.3, 0.4) is 0 Å². The zero-order valence-electron chi connectivity index (χ0n) is 19.4. The minimum Gasteiger partial charge on any atom is -0.454 e. The van der Waals surface area contributed by atoms with E-state index in [0.717, 1.165) is 16.7 Å². The van der Waals surface area contributed by atoms with Gasteiger partial charge in [0.05, 0.1) is 5.69 Å². The van der Waals surface area contributed by atoms with Crippen LogP contribution in [0.2, 0.25) is 0 Å². The maximum atomic E-state index is 10.4. The van der Waals surface area contributed by atoms with Gasteiger partial charge < -0.3 is 19.5 Å². The number of fused-ring (bicyclic) bond motifs is 1. The first kappa shape index (κ1) is 22.2. The van der Waals surface area contributed by atoms with E-state index < -0.39 is 12.7 Å². The van der Waals surface area contributed by atoms with Crippen molar-refractivity contribution in [3.63, 3.8) is 0 Å². The highest BCUT2D eigenvalue weighted by Gasteiger charge is 2.40. The third kappa shape index (κ3) is 3.57. The molecule has 0 spiro atoms. The van der Waals surface area contributed by atoms with Gasteiger partial charge in [0.15, 0.2) is 11.5 Å². The van der Waals surface area contributed by atoms with Gasteiger partial charge in [-0.3, -0.25) is 4.68 Å². The van der Waals surface area contributed by atoms with E-state index in [9.17, 15) is 10.0 Å². The van der Waals surface area contributed by atoms with Gasteiger partial charge in [-0.1, -0.05) is 91.0 Å². The molecule has 176 valence electrons. The highest BCUT2D eigenvalue weighted by Crippen LogP contribution is 2.41. The predicted molar refractivity (Wildman–Crippen MR) is 138 cm³/mol. The summed E-state index contributed by atoms with van der Waals surface area (Å²) in [6.07, 6.45) is 1.72. The van der Waals surface area contributed by atoms with E-state index in [2.05, 4.69) is 36.4 Å². The van der Waals surface area contributed by atoms with Gasteiger partial charge >= 0.3 is 7.12 Å². The summed E-state index contributed by atoms with van der Waals surface area (Å²) < 4.78 is 12.8. The second kappa shape index (κ2) is 9.04. The van der Waals surface area contributed by atoms with Crippen molar-refractivity contribution in [1.82, 2.24) is 9.78 Å². The number of aromatic nitrogens is 2. The van der Waals surface area contributed by atoms with Crippen LogP contribution in [0.1, 0.15) is 16.7 Å². The monoisotopic (exact) mass is 474 g/mol. The summed E-state index contributed by atoms with van der Waals surface area (Å²) in [6, 6.07) is 35.8. The molecule has 2 heterocycles. The zero-order chi connectivity index (χ0) is 24.5. The molecule has 1 aliphatic heterocycles. The molecule has 2 N–H and O–H groups in total. The molecule has 0 fully saturated rings. The standard InChI is InChI=1S/C29H23BN2O4/c33-30(34)25-19-32(31-28(25)21-16-17-26-27(18-21)36-20-35-26)29(22-10-4-1-5-11-22,23-12-6-2-7-13-23)24-14-8-3-9-15-24/h1-19,33-34H,20H2. The molecule has 4 aromatic carbocycles. The van der Waals surface area contributed by atoms with Crippen molar-refractivity contribution in [2.45, 2.75) is 5.54 Å². The molecule has 0 bridgehead atoms. The van der Waals surface area contributed by atoms with Gasteiger partial charge in [-0.2, -0.15) is 5.10 Å². The quantitative estimate of drug-likeness (QED) is 0.289. The molecular formula is C29H23BN2O4. The Hall–Kier alpha value is -4.33. The SMILES string of the molecule is OB(O)c1cn(C(c2ccccc2)(c2ccccc2)c2ccccc2)nc1-c1ccc2c(c1)OCO2. The summed E-state index contributed by atoms with van der Waals surface area (Å²) >= 11 is 0. The smallest absolute Gasteiger partial charge is 0.454 e. The summed E-state index contributed by atoms with van der Waals surface area (Å²) in [7, 11) is -1.72. The molecule has 0 radical (unpaired) electrons. The van der Waals surface area contributed by atoms with E-state index >= 15 is 0 Å². The van der Waals surface area contributed by atoms with Crippen molar-refractivity contribution in [2.24, 2.45) is 0 Å². The average Bonchev–Trinajstić information content (AvgIpc) is 3.59. The maximum absolute atomic E-state index is 10.4. The normalized spacial score (nSPS) is 12.5. The van der Waals surface area contributed by atoms with Crippen LogP contribution < -0.4 is 14.9 Å². The maximum Gasteiger partial charge on any atom is 0.492 e. The van der Waals surface area contributed by atoms with Crippen molar-refractivity contribution in [1.29, 1.82) is 0 Å². The van der Waals surface area contributed by atoms with E-state index in [-0.39, 0.29) is 6.79 Å². The van der Waals surface area contributed by atoms with E-state index in [1.165, 1.54) is 0 Å². The third-order valence-corrected chi connectivity index (χ3v) is 6.59. The van der Waals surface area contributed by atoms with Gasteiger partial charge in [-0.15, -0.1) is 0 Å². The largest absolute Gasteiger partial charge is 0.492 e. The summed E-state index contributed by atoms with van der Waals surface area (Å²) in [4.78, 5) is 0. The van der Waals surface area contributed by atoms with Crippen molar-refractivity contribution < 1.29 is 19.5 Å². The Morgan fingerprint density at radius 1 is 0.694 bits per heavy atom. The lowest BCUT2D eigenvalue weighted by atomic mass is 9.76. The van der Waals surface area contributed by atoms with Gasteiger partial charge in [0, 0.05) is 17.2 Å². The second-order valence-corrected chi connectivity index (χ2v) is 8.63. The Kier molecular flexibility index (Phi) is 5.56. The number of hydrogen-bond acceptors (Lipinski definition) is 5. The van der Waals surface area contributed by atoms with Gasteiger partial charge in [-0.25, -0.2) is 0 Å². The minimum atomic E-state index is -1.72. The van der Waals surface area contributed by atoms with Crippen molar-refractivity contribution in [3.05, 3.63) is 132 Å². The molecule has 0 amide bonds. The molecule has 5 aromatic rings. The molecule has 6 rings (SSSR count). The average molecular weight is 474 g/mol. The van der Waals surface area contributed by atoms with E-state index in [0.29, 0.717) is 28.2 Å². The van der Waals surface area contributed by atoms with Crippen LogP contribution in [-0.4, -0.2) is 33.7 Å². The third-order valence-electron chi connectivity index (χ3n) is 6.59. The predicted octanol–water partition coefficient (Wildman–Crippen LogP) is 3.80. The van der Waals surface area contributed by atoms with Gasteiger partial charge in [-0.05, 0) is 34.9 Å². The molecule has 0 saturated carbocycles. The number of rotatable bonds is 6. The van der Waals surface area contributed by atoms with Crippen LogP contribution in [0.25, 0.3) is 11.3 Å². The summed E-state index contributed by atoms with van der Waals surface area (Å²) in [5, 5.41) is 25.8. The highest BCUT2D eigenvalue weighted by molar-refractivity contribution is 6.60. The fraction of sp³-hybridized carbons (Fsp3) is 0.0690. The van der Waals surface area contributed by atoms with Crippen LogP contribution in [0.5, 0.6) is 11.5 Å². The Balaban J connectivity index is 1.66. The van der Waals surface area contributed by atoms with Crippen LogP contribution in [0.15, 0.2) is 115 Å². The number of hydrogen-bond donors (Lipinski definition) is 2. The lowest BCUT2D eigenvalue weighted by Crippen LogP contribution is -2.39. The molecule has 0 atom stereocenters.